The minimum atomic E-state index is -0.598. The second-order valence-electron chi connectivity index (χ2n) is 3.34. The highest BCUT2D eigenvalue weighted by molar-refractivity contribution is 6.36. The topological polar surface area (TPSA) is 87.7 Å². The predicted molar refractivity (Wildman–Crippen MR) is 66.8 cm³/mol. The molecule has 1 aromatic carbocycles. The number of carbonyl (C=O) groups is 1. The van der Waals surface area contributed by atoms with Crippen LogP contribution in [0.4, 0.5) is 0 Å². The summed E-state index contributed by atoms with van der Waals surface area (Å²) >= 11 is 11.6. The van der Waals surface area contributed by atoms with Gasteiger partial charge in [-0.25, -0.2) is 0 Å². The van der Waals surface area contributed by atoms with Gasteiger partial charge >= 0.3 is 0 Å². The van der Waals surface area contributed by atoms with Gasteiger partial charge in [0.25, 0.3) is 5.91 Å². The number of hydrogen-bond acceptors (Lipinski definition) is 3. The molecule has 0 heterocycles. The van der Waals surface area contributed by atoms with E-state index in [1.807, 2.05) is 0 Å². The molecule has 0 radical (unpaired) electrons. The first-order valence-electron chi connectivity index (χ1n) is 4.69. The number of hydrogen-bond donors (Lipinski definition) is 3. The summed E-state index contributed by atoms with van der Waals surface area (Å²) in [6, 6.07) is 3.92. The molecule has 4 N–H and O–H groups in total. The highest BCUT2D eigenvalue weighted by Crippen LogP contribution is 2.20. The van der Waals surface area contributed by atoms with Gasteiger partial charge in [0.05, 0.1) is 16.6 Å². The Morgan fingerprint density at radius 3 is 2.71 bits per heavy atom. The maximum Gasteiger partial charge on any atom is 0.253 e. The summed E-state index contributed by atoms with van der Waals surface area (Å²) in [6.45, 7) is 1.58. The van der Waals surface area contributed by atoms with Crippen LogP contribution < -0.4 is 11.1 Å². The molecule has 1 amide bonds. The first kappa shape index (κ1) is 13.6. The molecule has 5 nitrogen and oxygen atoms in total. The van der Waals surface area contributed by atoms with Crippen molar-refractivity contribution in [1.82, 2.24) is 5.32 Å². The van der Waals surface area contributed by atoms with Crippen LogP contribution in [0.1, 0.15) is 17.3 Å². The van der Waals surface area contributed by atoms with Crippen LogP contribution in [0.2, 0.25) is 10.0 Å². The minimum absolute atomic E-state index is 0.0940. The van der Waals surface area contributed by atoms with Crippen LogP contribution in [0.3, 0.4) is 0 Å². The van der Waals surface area contributed by atoms with Crippen molar-refractivity contribution in [1.29, 1.82) is 0 Å². The zero-order chi connectivity index (χ0) is 13.0. The van der Waals surface area contributed by atoms with E-state index in [1.54, 1.807) is 13.0 Å². The van der Waals surface area contributed by atoms with Crippen LogP contribution in [-0.2, 0) is 0 Å². The van der Waals surface area contributed by atoms with Gasteiger partial charge in [0.1, 0.15) is 0 Å². The van der Waals surface area contributed by atoms with Crippen molar-refractivity contribution in [2.45, 2.75) is 13.0 Å². The van der Waals surface area contributed by atoms with E-state index in [0.717, 1.165) is 0 Å². The van der Waals surface area contributed by atoms with Gasteiger partial charge in [-0.2, -0.15) is 0 Å². The fourth-order valence-corrected chi connectivity index (χ4v) is 1.60. The van der Waals surface area contributed by atoms with Gasteiger partial charge in [0.15, 0.2) is 5.84 Å². The number of amidine groups is 1. The Morgan fingerprint density at radius 2 is 2.18 bits per heavy atom. The SMILES string of the molecule is CC(NC(=O)c1ccc(Cl)cc1Cl)C(N)=NO. The number of oxime groups is 1. The van der Waals surface area contributed by atoms with Crippen molar-refractivity contribution in [3.63, 3.8) is 0 Å². The summed E-state index contributed by atoms with van der Waals surface area (Å²) in [6.07, 6.45) is 0. The lowest BCUT2D eigenvalue weighted by molar-refractivity contribution is 0.0949. The third-order valence-corrected chi connectivity index (χ3v) is 2.63. The molecule has 0 aromatic heterocycles. The maximum atomic E-state index is 11.8. The van der Waals surface area contributed by atoms with E-state index in [2.05, 4.69) is 10.5 Å². The van der Waals surface area contributed by atoms with Crippen LogP contribution in [-0.4, -0.2) is 23.0 Å². The Morgan fingerprint density at radius 1 is 1.53 bits per heavy atom. The standard InChI is InChI=1S/C10H11Cl2N3O2/c1-5(9(13)15-17)14-10(16)7-3-2-6(11)4-8(7)12/h2-5,17H,1H3,(H2,13,15)(H,14,16). The molecule has 0 aliphatic heterocycles. The Bertz CT molecular complexity index is 463. The summed E-state index contributed by atoms with van der Waals surface area (Å²) in [7, 11) is 0. The number of rotatable bonds is 3. The Labute approximate surface area is 108 Å². The van der Waals surface area contributed by atoms with Crippen LogP contribution in [0.15, 0.2) is 23.4 Å². The average Bonchev–Trinajstić information content (AvgIpc) is 2.27. The molecule has 0 saturated heterocycles. The summed E-state index contributed by atoms with van der Waals surface area (Å²) in [5.41, 5.74) is 5.61. The third kappa shape index (κ3) is 3.51. The summed E-state index contributed by atoms with van der Waals surface area (Å²) < 4.78 is 0. The van der Waals surface area contributed by atoms with Crippen molar-refractivity contribution < 1.29 is 10.0 Å². The minimum Gasteiger partial charge on any atom is -0.409 e. The molecule has 0 bridgehead atoms. The van der Waals surface area contributed by atoms with Crippen LogP contribution in [0.5, 0.6) is 0 Å². The van der Waals surface area contributed by atoms with Gasteiger partial charge in [-0.05, 0) is 25.1 Å². The molecular weight excluding hydrogens is 265 g/mol. The summed E-state index contributed by atoms with van der Waals surface area (Å²) in [5.74, 6) is -0.519. The van der Waals surface area contributed by atoms with Gasteiger partial charge in [0.2, 0.25) is 0 Å². The number of amides is 1. The molecule has 1 rings (SSSR count). The molecule has 17 heavy (non-hydrogen) atoms. The van der Waals surface area contributed by atoms with Crippen LogP contribution in [0, 0.1) is 0 Å². The lowest BCUT2D eigenvalue weighted by Crippen LogP contribution is -2.42. The normalized spacial score (nSPS) is 13.2. The van der Waals surface area contributed by atoms with Gasteiger partial charge in [0, 0.05) is 5.02 Å². The lowest BCUT2D eigenvalue weighted by atomic mass is 10.2. The quantitative estimate of drug-likeness (QED) is 0.341. The van der Waals surface area contributed by atoms with E-state index >= 15 is 0 Å². The van der Waals surface area contributed by atoms with Gasteiger partial charge < -0.3 is 16.3 Å². The fourth-order valence-electron chi connectivity index (χ4n) is 1.11. The van der Waals surface area contributed by atoms with Crippen LogP contribution >= 0.6 is 23.2 Å². The Balaban J connectivity index is 2.84. The zero-order valence-electron chi connectivity index (χ0n) is 8.95. The smallest absolute Gasteiger partial charge is 0.253 e. The number of carbonyl (C=O) groups excluding carboxylic acids is 1. The number of nitrogens with one attached hydrogen (secondary N) is 1. The first-order chi connectivity index (χ1) is 7.95. The largest absolute Gasteiger partial charge is 0.409 e. The van der Waals surface area contributed by atoms with Crippen molar-refractivity contribution in [2.24, 2.45) is 10.9 Å². The molecule has 1 unspecified atom stereocenters. The van der Waals surface area contributed by atoms with Crippen molar-refractivity contribution in [3.8, 4) is 0 Å². The maximum absolute atomic E-state index is 11.8. The predicted octanol–water partition coefficient (Wildman–Crippen LogP) is 1.86. The van der Waals surface area contributed by atoms with E-state index < -0.39 is 11.9 Å². The highest BCUT2D eigenvalue weighted by Gasteiger charge is 2.15. The fraction of sp³-hybridized carbons (Fsp3) is 0.200. The van der Waals surface area contributed by atoms with E-state index in [4.69, 9.17) is 34.1 Å². The first-order valence-corrected chi connectivity index (χ1v) is 5.44. The van der Waals surface area contributed by atoms with Gasteiger partial charge in [-0.1, -0.05) is 28.4 Å². The Kier molecular flexibility index (Phi) is 4.60. The van der Waals surface area contributed by atoms with E-state index in [-0.39, 0.29) is 16.4 Å². The molecule has 0 aliphatic carbocycles. The molecule has 7 heteroatoms. The second-order valence-corrected chi connectivity index (χ2v) is 4.19. The van der Waals surface area contributed by atoms with Crippen molar-refractivity contribution in [2.75, 3.05) is 0 Å². The zero-order valence-corrected chi connectivity index (χ0v) is 10.5. The molecule has 0 spiro atoms. The monoisotopic (exact) mass is 275 g/mol. The number of nitrogens with zero attached hydrogens (tertiary/aromatic N) is 1. The third-order valence-electron chi connectivity index (χ3n) is 2.08. The van der Waals surface area contributed by atoms with Crippen molar-refractivity contribution in [3.05, 3.63) is 33.8 Å². The van der Waals surface area contributed by atoms with Gasteiger partial charge in [-0.3, -0.25) is 4.79 Å². The molecule has 1 aromatic rings. The van der Waals surface area contributed by atoms with Gasteiger partial charge in [-0.15, -0.1) is 0 Å². The Hall–Kier alpha value is -1.46. The molecule has 1 atom stereocenters. The summed E-state index contributed by atoms with van der Waals surface area (Å²) in [5, 5.41) is 14.4. The van der Waals surface area contributed by atoms with E-state index in [9.17, 15) is 4.79 Å². The number of benzene rings is 1. The second kappa shape index (κ2) is 5.75. The molecule has 0 saturated carbocycles. The number of nitrogens with two attached hydrogens (primary N) is 1. The van der Waals surface area contributed by atoms with Crippen LogP contribution in [0.25, 0.3) is 0 Å². The lowest BCUT2D eigenvalue weighted by Gasteiger charge is -2.12. The molecule has 0 aliphatic rings. The average molecular weight is 276 g/mol. The highest BCUT2D eigenvalue weighted by atomic mass is 35.5. The van der Waals surface area contributed by atoms with E-state index in [0.29, 0.717) is 5.02 Å². The van der Waals surface area contributed by atoms with Crippen molar-refractivity contribution >= 4 is 34.9 Å². The van der Waals surface area contributed by atoms with E-state index in [1.165, 1.54) is 12.1 Å². The summed E-state index contributed by atoms with van der Waals surface area (Å²) in [4.78, 5) is 11.8. The number of halogens is 2. The molecule has 0 fully saturated rings. The molecular formula is C10H11Cl2N3O2. The molecule has 92 valence electrons.